The summed E-state index contributed by atoms with van der Waals surface area (Å²) in [5.74, 6) is 1.19. The lowest BCUT2D eigenvalue weighted by Crippen LogP contribution is -2.29. The molecule has 192 valence electrons. The largest absolute Gasteiger partial charge is 0.493 e. The standard InChI is InChI=1S/C31H28N2O5/c1-17-8-10-26-20(12-17)31(35)21(16-38-26)30-29-24(32-22-6-4-5-7-23(22)33-30)13-19(14-25(29)34)18-9-11-27(36-2)28(15-18)37-3/h4-12,15-16,19,30,32-33H,13-14H2,1-3H3/t19-,30-/m0/s1. The van der Waals surface area contributed by atoms with Crippen molar-refractivity contribution in [3.63, 3.8) is 0 Å². The first-order chi connectivity index (χ1) is 18.5. The van der Waals surface area contributed by atoms with Gasteiger partial charge >= 0.3 is 0 Å². The van der Waals surface area contributed by atoms with Crippen LogP contribution in [0.15, 0.2) is 87.4 Å². The van der Waals surface area contributed by atoms with Crippen LogP contribution in [0.2, 0.25) is 0 Å². The number of Topliss-reactive ketones (excluding diaryl/α,β-unsaturated/α-hetero) is 1. The molecule has 0 bridgehead atoms. The first-order valence-electron chi connectivity index (χ1n) is 12.6. The van der Waals surface area contributed by atoms with Crippen LogP contribution in [0.4, 0.5) is 11.4 Å². The lowest BCUT2D eigenvalue weighted by atomic mass is 9.78. The maximum absolute atomic E-state index is 13.9. The van der Waals surface area contributed by atoms with Gasteiger partial charge in [-0.3, -0.25) is 9.59 Å². The van der Waals surface area contributed by atoms with E-state index in [1.807, 2.05) is 61.5 Å². The van der Waals surface area contributed by atoms with E-state index in [0.29, 0.717) is 46.4 Å². The van der Waals surface area contributed by atoms with Crippen molar-refractivity contribution in [3.05, 3.63) is 105 Å². The quantitative estimate of drug-likeness (QED) is 0.344. The Labute approximate surface area is 220 Å². The second kappa shape index (κ2) is 9.41. The Balaban J connectivity index is 1.48. The molecule has 2 N–H and O–H groups in total. The monoisotopic (exact) mass is 508 g/mol. The predicted molar refractivity (Wildman–Crippen MR) is 147 cm³/mol. The number of benzene rings is 3. The minimum absolute atomic E-state index is 0.0208. The number of aryl methyl sites for hydroxylation is 1. The molecule has 7 nitrogen and oxygen atoms in total. The molecule has 4 aromatic rings. The van der Waals surface area contributed by atoms with Gasteiger partial charge in [0, 0.05) is 17.7 Å². The third kappa shape index (κ3) is 4.00. The highest BCUT2D eigenvalue weighted by atomic mass is 16.5. The molecule has 0 saturated carbocycles. The van der Waals surface area contributed by atoms with Crippen LogP contribution in [0.25, 0.3) is 11.0 Å². The molecule has 1 aliphatic carbocycles. The zero-order chi connectivity index (χ0) is 26.4. The second-order valence-electron chi connectivity index (χ2n) is 9.80. The van der Waals surface area contributed by atoms with Crippen LogP contribution in [0.5, 0.6) is 11.5 Å². The smallest absolute Gasteiger partial charge is 0.198 e. The fourth-order valence-corrected chi connectivity index (χ4v) is 5.53. The van der Waals surface area contributed by atoms with Gasteiger partial charge in [0.25, 0.3) is 0 Å². The summed E-state index contributed by atoms with van der Waals surface area (Å²) in [6.45, 7) is 1.94. The number of carbonyl (C=O) groups is 1. The van der Waals surface area contributed by atoms with Crippen LogP contribution in [0.1, 0.15) is 41.5 Å². The molecule has 1 aliphatic heterocycles. The van der Waals surface area contributed by atoms with Gasteiger partial charge in [0.15, 0.2) is 22.7 Å². The molecule has 2 aliphatic rings. The lowest BCUT2D eigenvalue weighted by Gasteiger charge is -2.29. The van der Waals surface area contributed by atoms with Crippen LogP contribution < -0.4 is 25.5 Å². The van der Waals surface area contributed by atoms with E-state index in [4.69, 9.17) is 13.9 Å². The summed E-state index contributed by atoms with van der Waals surface area (Å²) in [5.41, 5.74) is 5.77. The number of fused-ring (bicyclic) bond motifs is 2. The molecular weight excluding hydrogens is 480 g/mol. The first-order valence-corrected chi connectivity index (χ1v) is 12.6. The summed E-state index contributed by atoms with van der Waals surface area (Å²) in [6, 6.07) is 18.4. The van der Waals surface area contributed by atoms with Gasteiger partial charge < -0.3 is 24.5 Å². The van der Waals surface area contributed by atoms with E-state index in [1.54, 1.807) is 20.3 Å². The molecule has 0 saturated heterocycles. The van der Waals surface area contributed by atoms with Gasteiger partial charge in [-0.15, -0.1) is 0 Å². The number of ether oxygens (including phenoxy) is 2. The molecule has 0 radical (unpaired) electrons. The van der Waals surface area contributed by atoms with Crippen LogP contribution in [0.3, 0.4) is 0 Å². The molecule has 0 unspecified atom stereocenters. The lowest BCUT2D eigenvalue weighted by molar-refractivity contribution is -0.116. The van der Waals surface area contributed by atoms with Crippen LogP contribution in [-0.2, 0) is 4.79 Å². The molecule has 0 amide bonds. The van der Waals surface area contributed by atoms with Gasteiger partial charge in [-0.05, 0) is 61.2 Å². The van der Waals surface area contributed by atoms with Gasteiger partial charge in [0.05, 0.1) is 42.6 Å². The van der Waals surface area contributed by atoms with E-state index in [-0.39, 0.29) is 17.1 Å². The molecule has 38 heavy (non-hydrogen) atoms. The van der Waals surface area contributed by atoms with Crippen molar-refractivity contribution in [2.75, 3.05) is 24.9 Å². The van der Waals surface area contributed by atoms with Gasteiger partial charge in [-0.2, -0.15) is 0 Å². The molecule has 0 spiro atoms. The Morgan fingerprint density at radius 3 is 2.47 bits per heavy atom. The molecule has 6 rings (SSSR count). The molecular formula is C31H28N2O5. The number of nitrogens with one attached hydrogen (secondary N) is 2. The average molecular weight is 509 g/mol. The zero-order valence-corrected chi connectivity index (χ0v) is 21.5. The molecule has 2 heterocycles. The SMILES string of the molecule is COc1ccc([C@@H]2CC(=O)C3=C(C2)Nc2ccccc2N[C@H]3c2coc3ccc(C)cc3c2=O)cc1OC. The number of ketones is 1. The minimum atomic E-state index is -0.652. The average Bonchev–Trinajstić information content (AvgIpc) is 3.10. The molecule has 2 atom stereocenters. The van der Waals surface area contributed by atoms with Gasteiger partial charge in [-0.1, -0.05) is 29.8 Å². The summed E-state index contributed by atoms with van der Waals surface area (Å²) in [5, 5.41) is 7.49. The topological polar surface area (TPSA) is 89.8 Å². The third-order valence-electron chi connectivity index (χ3n) is 7.45. The maximum atomic E-state index is 13.9. The zero-order valence-electron chi connectivity index (χ0n) is 21.5. The Kier molecular flexibility index (Phi) is 5.91. The fourth-order valence-electron chi connectivity index (χ4n) is 5.53. The highest BCUT2D eigenvalue weighted by Gasteiger charge is 2.37. The van der Waals surface area contributed by atoms with Gasteiger partial charge in [-0.25, -0.2) is 0 Å². The Morgan fingerprint density at radius 1 is 0.895 bits per heavy atom. The Bertz CT molecular complexity index is 1670. The van der Waals surface area contributed by atoms with Crippen molar-refractivity contribution in [2.45, 2.75) is 31.7 Å². The number of anilines is 2. The Hall–Kier alpha value is -4.52. The van der Waals surface area contributed by atoms with Crippen molar-refractivity contribution in [1.82, 2.24) is 0 Å². The third-order valence-corrected chi connectivity index (χ3v) is 7.45. The van der Waals surface area contributed by atoms with Crippen molar-refractivity contribution in [1.29, 1.82) is 0 Å². The van der Waals surface area contributed by atoms with Crippen molar-refractivity contribution >= 4 is 28.1 Å². The van der Waals surface area contributed by atoms with E-state index in [0.717, 1.165) is 28.2 Å². The van der Waals surface area contributed by atoms with Gasteiger partial charge in [0.1, 0.15) is 11.8 Å². The fraction of sp³-hybridized carbons (Fsp3) is 0.226. The predicted octanol–water partition coefficient (Wildman–Crippen LogP) is 6.10. The number of hydrogen-bond donors (Lipinski definition) is 2. The summed E-state index contributed by atoms with van der Waals surface area (Å²) in [7, 11) is 3.20. The number of para-hydroxylation sites is 2. The number of methoxy groups -OCH3 is 2. The van der Waals surface area contributed by atoms with Crippen molar-refractivity contribution in [3.8, 4) is 11.5 Å². The van der Waals surface area contributed by atoms with E-state index in [9.17, 15) is 9.59 Å². The second-order valence-corrected chi connectivity index (χ2v) is 9.80. The molecule has 0 fully saturated rings. The number of hydrogen-bond acceptors (Lipinski definition) is 7. The summed E-state index contributed by atoms with van der Waals surface area (Å²) >= 11 is 0. The highest BCUT2D eigenvalue weighted by Crippen LogP contribution is 2.45. The summed E-state index contributed by atoms with van der Waals surface area (Å²) in [6.07, 6.45) is 2.40. The van der Waals surface area contributed by atoms with E-state index < -0.39 is 6.04 Å². The van der Waals surface area contributed by atoms with Crippen LogP contribution in [0, 0.1) is 6.92 Å². The van der Waals surface area contributed by atoms with Crippen LogP contribution >= 0.6 is 0 Å². The molecule has 3 aromatic carbocycles. The number of carbonyl (C=O) groups excluding carboxylic acids is 1. The normalized spacial score (nSPS) is 18.7. The maximum Gasteiger partial charge on any atom is 0.198 e. The molecule has 1 aromatic heterocycles. The van der Waals surface area contributed by atoms with Gasteiger partial charge in [0.2, 0.25) is 0 Å². The van der Waals surface area contributed by atoms with E-state index >= 15 is 0 Å². The Morgan fingerprint density at radius 2 is 1.68 bits per heavy atom. The van der Waals surface area contributed by atoms with E-state index in [1.165, 1.54) is 6.26 Å². The highest BCUT2D eigenvalue weighted by molar-refractivity contribution is 6.01. The minimum Gasteiger partial charge on any atom is -0.493 e. The van der Waals surface area contributed by atoms with Crippen molar-refractivity contribution < 1.29 is 18.7 Å². The summed E-state index contributed by atoms with van der Waals surface area (Å²) in [4.78, 5) is 27.6. The molecule has 7 heteroatoms. The number of rotatable bonds is 4. The van der Waals surface area contributed by atoms with Crippen LogP contribution in [-0.4, -0.2) is 20.0 Å². The summed E-state index contributed by atoms with van der Waals surface area (Å²) < 4.78 is 16.8. The number of allylic oxidation sites excluding steroid dienone is 1. The van der Waals surface area contributed by atoms with Crippen molar-refractivity contribution in [2.24, 2.45) is 0 Å². The van der Waals surface area contributed by atoms with E-state index in [2.05, 4.69) is 10.6 Å². The first kappa shape index (κ1) is 23.9.